The molecule has 0 aliphatic heterocycles. The predicted octanol–water partition coefficient (Wildman–Crippen LogP) is 3.37. The molecule has 0 spiro atoms. The zero-order chi connectivity index (χ0) is 15.9. The highest BCUT2D eigenvalue weighted by atomic mass is 16.5. The Labute approximate surface area is 128 Å². The quantitative estimate of drug-likeness (QED) is 0.559. The van der Waals surface area contributed by atoms with Gasteiger partial charge < -0.3 is 14.8 Å². The summed E-state index contributed by atoms with van der Waals surface area (Å²) in [6.45, 7) is 10.2. The van der Waals surface area contributed by atoms with E-state index < -0.39 is 0 Å². The maximum atomic E-state index is 11.1. The number of carbonyl (C=O) groups excluding carboxylic acids is 1. The van der Waals surface area contributed by atoms with E-state index in [0.717, 1.165) is 12.8 Å². The van der Waals surface area contributed by atoms with E-state index in [1.54, 1.807) is 19.3 Å². The first kappa shape index (κ1) is 19.3. The van der Waals surface area contributed by atoms with E-state index >= 15 is 0 Å². The topological polar surface area (TPSA) is 38.3 Å². The van der Waals surface area contributed by atoms with Gasteiger partial charge in [-0.1, -0.05) is 42.5 Å². The lowest BCUT2D eigenvalue weighted by molar-refractivity contribution is -0.112. The minimum absolute atomic E-state index is 0.0192. The molecule has 116 valence electrons. The molecule has 0 heterocycles. The Morgan fingerprint density at radius 3 is 2.38 bits per heavy atom. The molecule has 0 fully saturated rings. The molecule has 3 heteroatoms. The van der Waals surface area contributed by atoms with Gasteiger partial charge in [-0.05, 0) is 18.9 Å². The van der Waals surface area contributed by atoms with Crippen LogP contribution < -0.4 is 5.32 Å². The molecule has 1 aromatic carbocycles. The second kappa shape index (κ2) is 13.3. The van der Waals surface area contributed by atoms with Crippen molar-refractivity contribution in [1.29, 1.82) is 0 Å². The summed E-state index contributed by atoms with van der Waals surface area (Å²) in [6, 6.07) is 10.1. The Kier molecular flexibility index (Phi) is 12.2. The third-order valence-electron chi connectivity index (χ3n) is 2.89. The van der Waals surface area contributed by atoms with Crippen molar-refractivity contribution < 1.29 is 9.53 Å². The van der Waals surface area contributed by atoms with E-state index in [4.69, 9.17) is 4.74 Å². The van der Waals surface area contributed by atoms with Gasteiger partial charge in [-0.15, -0.1) is 13.2 Å². The molecule has 21 heavy (non-hydrogen) atoms. The van der Waals surface area contributed by atoms with Gasteiger partial charge in [-0.3, -0.25) is 0 Å². The van der Waals surface area contributed by atoms with Crippen LogP contribution in [-0.4, -0.2) is 26.0 Å². The van der Waals surface area contributed by atoms with Crippen LogP contribution in [0.3, 0.4) is 0 Å². The summed E-state index contributed by atoms with van der Waals surface area (Å²) >= 11 is 0. The Morgan fingerprint density at radius 2 is 1.90 bits per heavy atom. The number of hydrogen-bond acceptors (Lipinski definition) is 3. The summed E-state index contributed by atoms with van der Waals surface area (Å²) in [5, 5.41) is 3.37. The summed E-state index contributed by atoms with van der Waals surface area (Å²) in [7, 11) is 1.65. The molecule has 1 aromatic rings. The molecule has 2 atom stereocenters. The molecule has 0 saturated carbocycles. The number of methoxy groups -OCH3 is 1. The van der Waals surface area contributed by atoms with Gasteiger partial charge in [0.25, 0.3) is 0 Å². The van der Waals surface area contributed by atoms with Crippen LogP contribution in [0.15, 0.2) is 55.6 Å². The number of carbonyl (C=O) groups is 1. The molecule has 1 rings (SSSR count). The van der Waals surface area contributed by atoms with Crippen LogP contribution in [-0.2, 0) is 16.1 Å². The minimum Gasteiger partial charge on any atom is -0.383 e. The fraction of sp³-hybridized carbons (Fsp3) is 0.389. The third kappa shape index (κ3) is 8.95. The van der Waals surface area contributed by atoms with Gasteiger partial charge in [0.2, 0.25) is 0 Å². The van der Waals surface area contributed by atoms with Gasteiger partial charge in [0.1, 0.15) is 6.29 Å². The lowest BCUT2D eigenvalue weighted by Gasteiger charge is -2.22. The fourth-order valence-electron chi connectivity index (χ4n) is 1.87. The average Bonchev–Trinajstić information content (AvgIpc) is 2.51. The van der Waals surface area contributed by atoms with E-state index in [0.29, 0.717) is 13.0 Å². The number of rotatable bonds is 9. The van der Waals surface area contributed by atoms with Crippen LogP contribution in [0.5, 0.6) is 0 Å². The molecular weight excluding hydrogens is 262 g/mol. The lowest BCUT2D eigenvalue weighted by atomic mass is 9.98. The zero-order valence-electron chi connectivity index (χ0n) is 13.1. The SMILES string of the molecule is C=CC.C=CCC(C=O)C(COC)NCc1ccccc1. The van der Waals surface area contributed by atoms with E-state index in [9.17, 15) is 4.79 Å². The maximum absolute atomic E-state index is 11.1. The van der Waals surface area contributed by atoms with Crippen molar-refractivity contribution in [2.75, 3.05) is 13.7 Å². The lowest BCUT2D eigenvalue weighted by Crippen LogP contribution is -2.40. The summed E-state index contributed by atoms with van der Waals surface area (Å²) in [5.41, 5.74) is 1.20. The molecule has 0 aliphatic carbocycles. The predicted molar refractivity (Wildman–Crippen MR) is 89.2 cm³/mol. The Hall–Kier alpha value is -1.71. The standard InChI is InChI=1S/C15H21NO2.C3H6/c1-3-7-14(11-17)15(12-18-2)16-10-13-8-5-4-6-9-13;1-3-2/h3-6,8-9,11,14-16H,1,7,10,12H2,2H3;3H,1H2,2H3. The second-order valence-corrected chi connectivity index (χ2v) is 4.66. The number of allylic oxidation sites excluding steroid dienone is 2. The normalized spacial score (nSPS) is 12.5. The highest BCUT2D eigenvalue weighted by Crippen LogP contribution is 2.09. The van der Waals surface area contributed by atoms with Gasteiger partial charge in [-0.25, -0.2) is 0 Å². The molecule has 0 saturated heterocycles. The molecule has 0 radical (unpaired) electrons. The average molecular weight is 289 g/mol. The van der Waals surface area contributed by atoms with Gasteiger partial charge >= 0.3 is 0 Å². The Morgan fingerprint density at radius 1 is 1.29 bits per heavy atom. The largest absolute Gasteiger partial charge is 0.383 e. The number of benzene rings is 1. The summed E-state index contributed by atoms with van der Waals surface area (Å²) < 4.78 is 5.17. The number of aldehydes is 1. The van der Waals surface area contributed by atoms with E-state index in [2.05, 4.69) is 30.6 Å². The van der Waals surface area contributed by atoms with Crippen molar-refractivity contribution in [3.63, 3.8) is 0 Å². The maximum Gasteiger partial charge on any atom is 0.125 e. The second-order valence-electron chi connectivity index (χ2n) is 4.66. The van der Waals surface area contributed by atoms with Gasteiger partial charge in [-0.2, -0.15) is 0 Å². The summed E-state index contributed by atoms with van der Waals surface area (Å²) in [5.74, 6) is -0.0915. The summed E-state index contributed by atoms with van der Waals surface area (Å²) in [4.78, 5) is 11.1. The minimum atomic E-state index is -0.0915. The van der Waals surface area contributed by atoms with Crippen LogP contribution in [0.1, 0.15) is 18.9 Å². The van der Waals surface area contributed by atoms with Gasteiger partial charge in [0, 0.05) is 25.6 Å². The van der Waals surface area contributed by atoms with Crippen molar-refractivity contribution in [3.05, 3.63) is 61.2 Å². The monoisotopic (exact) mass is 289 g/mol. The smallest absolute Gasteiger partial charge is 0.125 e. The number of nitrogens with one attached hydrogen (secondary N) is 1. The summed E-state index contributed by atoms with van der Waals surface area (Å²) in [6.07, 6.45) is 5.16. The Bertz CT molecular complexity index is 389. The van der Waals surface area contributed by atoms with E-state index in [1.807, 2.05) is 25.1 Å². The van der Waals surface area contributed by atoms with Crippen LogP contribution in [0, 0.1) is 5.92 Å². The van der Waals surface area contributed by atoms with Gasteiger partial charge in [0.05, 0.1) is 6.61 Å². The molecule has 0 aromatic heterocycles. The van der Waals surface area contributed by atoms with Gasteiger partial charge in [0.15, 0.2) is 0 Å². The van der Waals surface area contributed by atoms with Crippen LogP contribution >= 0.6 is 0 Å². The number of ether oxygens (including phenoxy) is 1. The van der Waals surface area contributed by atoms with Crippen LogP contribution in [0.4, 0.5) is 0 Å². The molecule has 0 bridgehead atoms. The fourth-order valence-corrected chi connectivity index (χ4v) is 1.87. The number of hydrogen-bond donors (Lipinski definition) is 1. The Balaban J connectivity index is 0.00000122. The first-order valence-corrected chi connectivity index (χ1v) is 7.12. The molecule has 0 amide bonds. The van der Waals surface area contributed by atoms with Crippen LogP contribution in [0.2, 0.25) is 0 Å². The van der Waals surface area contributed by atoms with E-state index in [-0.39, 0.29) is 12.0 Å². The first-order chi connectivity index (χ1) is 10.2. The highest BCUT2D eigenvalue weighted by Gasteiger charge is 2.19. The van der Waals surface area contributed by atoms with E-state index in [1.165, 1.54) is 5.56 Å². The van der Waals surface area contributed by atoms with Crippen molar-refractivity contribution in [1.82, 2.24) is 5.32 Å². The van der Waals surface area contributed by atoms with Crippen molar-refractivity contribution in [2.24, 2.45) is 5.92 Å². The molecular formula is C18H27NO2. The molecule has 3 nitrogen and oxygen atoms in total. The third-order valence-corrected chi connectivity index (χ3v) is 2.89. The van der Waals surface area contributed by atoms with Crippen molar-refractivity contribution in [2.45, 2.75) is 25.9 Å². The highest BCUT2D eigenvalue weighted by molar-refractivity contribution is 5.55. The molecule has 2 unspecified atom stereocenters. The zero-order valence-corrected chi connectivity index (χ0v) is 13.1. The van der Waals surface area contributed by atoms with Crippen molar-refractivity contribution in [3.8, 4) is 0 Å². The molecule has 0 aliphatic rings. The van der Waals surface area contributed by atoms with Crippen molar-refractivity contribution >= 4 is 6.29 Å². The van der Waals surface area contributed by atoms with Crippen LogP contribution in [0.25, 0.3) is 0 Å². The molecule has 1 N–H and O–H groups in total. The first-order valence-electron chi connectivity index (χ1n) is 7.12.